The molecular formula is C11H16N2O3S. The quantitative estimate of drug-likeness (QED) is 0.797. The van der Waals surface area contributed by atoms with Crippen LogP contribution in [0.2, 0.25) is 0 Å². The maximum Gasteiger partial charge on any atom is 0.240 e. The molecule has 6 heteroatoms. The Morgan fingerprint density at radius 2 is 2.00 bits per heavy atom. The van der Waals surface area contributed by atoms with Gasteiger partial charge in [0, 0.05) is 19.1 Å². The third kappa shape index (κ3) is 2.96. The topological polar surface area (TPSA) is 67.4 Å². The fourth-order valence-corrected chi connectivity index (χ4v) is 2.78. The largest absolute Gasteiger partial charge is 0.494 e. The minimum absolute atomic E-state index is 0.00608. The van der Waals surface area contributed by atoms with Gasteiger partial charge in [-0.3, -0.25) is 0 Å². The third-order valence-corrected chi connectivity index (χ3v) is 4.08. The van der Waals surface area contributed by atoms with E-state index in [-0.39, 0.29) is 10.9 Å². The summed E-state index contributed by atoms with van der Waals surface area (Å²) < 4.78 is 31.7. The van der Waals surface area contributed by atoms with Crippen molar-refractivity contribution in [3.63, 3.8) is 0 Å². The number of hydrogen-bond acceptors (Lipinski definition) is 4. The van der Waals surface area contributed by atoms with E-state index in [4.69, 9.17) is 4.74 Å². The molecule has 0 spiro atoms. The Kier molecular flexibility index (Phi) is 3.66. The van der Waals surface area contributed by atoms with Gasteiger partial charge in [0.1, 0.15) is 5.75 Å². The Balaban J connectivity index is 2.09. The first-order valence-corrected chi connectivity index (χ1v) is 7.06. The zero-order valence-corrected chi connectivity index (χ0v) is 10.5. The lowest BCUT2D eigenvalue weighted by Crippen LogP contribution is -2.56. The van der Waals surface area contributed by atoms with Crippen LogP contribution in [0.4, 0.5) is 0 Å². The lowest BCUT2D eigenvalue weighted by molar-refractivity contribution is 0.340. The van der Waals surface area contributed by atoms with E-state index in [2.05, 4.69) is 10.0 Å². The Morgan fingerprint density at radius 1 is 1.35 bits per heavy atom. The maximum atomic E-state index is 11.9. The Bertz CT molecular complexity index is 466. The van der Waals surface area contributed by atoms with Crippen molar-refractivity contribution in [1.82, 2.24) is 10.0 Å². The van der Waals surface area contributed by atoms with Crippen molar-refractivity contribution in [3.05, 3.63) is 24.3 Å². The van der Waals surface area contributed by atoms with E-state index in [0.29, 0.717) is 25.4 Å². The van der Waals surface area contributed by atoms with E-state index in [1.807, 2.05) is 6.92 Å². The van der Waals surface area contributed by atoms with E-state index in [9.17, 15) is 8.42 Å². The van der Waals surface area contributed by atoms with E-state index in [0.717, 1.165) is 0 Å². The zero-order chi connectivity index (χ0) is 12.3. The highest BCUT2D eigenvalue weighted by atomic mass is 32.2. The average Bonchev–Trinajstić information content (AvgIpc) is 2.25. The molecule has 0 bridgehead atoms. The first-order chi connectivity index (χ1) is 8.12. The molecule has 1 aliphatic rings. The van der Waals surface area contributed by atoms with Crippen molar-refractivity contribution in [1.29, 1.82) is 0 Å². The van der Waals surface area contributed by atoms with Gasteiger partial charge >= 0.3 is 0 Å². The molecule has 0 aromatic heterocycles. The van der Waals surface area contributed by atoms with E-state index in [1.165, 1.54) is 0 Å². The van der Waals surface area contributed by atoms with Crippen LogP contribution in [0.15, 0.2) is 29.2 Å². The van der Waals surface area contributed by atoms with Crippen molar-refractivity contribution in [2.45, 2.75) is 17.9 Å². The fraction of sp³-hybridized carbons (Fsp3) is 0.455. The first kappa shape index (κ1) is 12.3. The second kappa shape index (κ2) is 5.03. The number of hydrogen-bond donors (Lipinski definition) is 2. The van der Waals surface area contributed by atoms with Crippen LogP contribution in [0.1, 0.15) is 6.92 Å². The molecule has 1 aromatic carbocycles. The highest BCUT2D eigenvalue weighted by molar-refractivity contribution is 7.89. The number of nitrogens with one attached hydrogen (secondary N) is 2. The molecule has 94 valence electrons. The fourth-order valence-electron chi connectivity index (χ4n) is 1.54. The van der Waals surface area contributed by atoms with Crippen LogP contribution in [-0.2, 0) is 10.0 Å². The predicted octanol–water partition coefficient (Wildman–Crippen LogP) is 0.335. The lowest BCUT2D eigenvalue weighted by atomic mass is 10.2. The van der Waals surface area contributed by atoms with Crippen molar-refractivity contribution in [3.8, 4) is 5.75 Å². The van der Waals surface area contributed by atoms with Crippen LogP contribution in [0.5, 0.6) is 5.75 Å². The molecule has 1 aromatic rings. The molecule has 17 heavy (non-hydrogen) atoms. The summed E-state index contributed by atoms with van der Waals surface area (Å²) in [5.41, 5.74) is 0. The number of benzene rings is 1. The van der Waals surface area contributed by atoms with Gasteiger partial charge in [-0.1, -0.05) is 0 Å². The molecule has 2 N–H and O–H groups in total. The maximum absolute atomic E-state index is 11.9. The standard InChI is InChI=1S/C11H16N2O3S/c1-2-16-10-3-5-11(6-4-10)17(14,15)13-9-7-12-8-9/h3-6,9,12-13H,2,7-8H2,1H3. The summed E-state index contributed by atoms with van der Waals surface area (Å²) in [6.45, 7) is 3.83. The Morgan fingerprint density at radius 3 is 2.47 bits per heavy atom. The van der Waals surface area contributed by atoms with Gasteiger partial charge in [0.25, 0.3) is 0 Å². The van der Waals surface area contributed by atoms with Crippen molar-refractivity contribution < 1.29 is 13.2 Å². The van der Waals surface area contributed by atoms with Crippen LogP contribution < -0.4 is 14.8 Å². The van der Waals surface area contributed by atoms with Gasteiger partial charge in [-0.05, 0) is 31.2 Å². The zero-order valence-electron chi connectivity index (χ0n) is 9.64. The molecule has 5 nitrogen and oxygen atoms in total. The van der Waals surface area contributed by atoms with Gasteiger partial charge < -0.3 is 10.1 Å². The Hall–Kier alpha value is -1.11. The van der Waals surface area contributed by atoms with E-state index < -0.39 is 10.0 Å². The molecule has 1 aliphatic heterocycles. The van der Waals surface area contributed by atoms with Gasteiger partial charge in [-0.15, -0.1) is 0 Å². The molecule has 0 radical (unpaired) electrons. The second-order valence-corrected chi connectivity index (χ2v) is 5.59. The number of sulfonamides is 1. The molecule has 0 saturated carbocycles. The van der Waals surface area contributed by atoms with Crippen LogP contribution in [-0.4, -0.2) is 34.2 Å². The van der Waals surface area contributed by atoms with Crippen molar-refractivity contribution in [2.75, 3.05) is 19.7 Å². The molecule has 1 fully saturated rings. The minimum atomic E-state index is -3.40. The highest BCUT2D eigenvalue weighted by Gasteiger charge is 2.24. The molecule has 0 unspecified atom stereocenters. The SMILES string of the molecule is CCOc1ccc(S(=O)(=O)NC2CNC2)cc1. The smallest absolute Gasteiger partial charge is 0.240 e. The molecule has 0 aliphatic carbocycles. The normalized spacial score (nSPS) is 16.5. The van der Waals surface area contributed by atoms with Crippen LogP contribution in [0.3, 0.4) is 0 Å². The van der Waals surface area contributed by atoms with Gasteiger partial charge in [0.2, 0.25) is 10.0 Å². The summed E-state index contributed by atoms with van der Waals surface area (Å²) in [7, 11) is -3.40. The lowest BCUT2D eigenvalue weighted by Gasteiger charge is -2.27. The van der Waals surface area contributed by atoms with Crippen molar-refractivity contribution in [2.24, 2.45) is 0 Å². The summed E-state index contributed by atoms with van der Waals surface area (Å²) in [5.74, 6) is 0.678. The number of rotatable bonds is 5. The summed E-state index contributed by atoms with van der Waals surface area (Å²) in [6.07, 6.45) is 0. The molecule has 1 heterocycles. The third-order valence-electron chi connectivity index (χ3n) is 2.55. The summed E-state index contributed by atoms with van der Waals surface area (Å²) in [4.78, 5) is 0.271. The predicted molar refractivity (Wildman–Crippen MR) is 64.6 cm³/mol. The summed E-state index contributed by atoms with van der Waals surface area (Å²) >= 11 is 0. The number of ether oxygens (including phenoxy) is 1. The van der Waals surface area contributed by atoms with Crippen LogP contribution >= 0.6 is 0 Å². The average molecular weight is 256 g/mol. The molecule has 2 rings (SSSR count). The molecular weight excluding hydrogens is 240 g/mol. The first-order valence-electron chi connectivity index (χ1n) is 5.58. The second-order valence-electron chi connectivity index (χ2n) is 3.88. The minimum Gasteiger partial charge on any atom is -0.494 e. The molecule has 0 amide bonds. The van der Waals surface area contributed by atoms with E-state index >= 15 is 0 Å². The van der Waals surface area contributed by atoms with Gasteiger partial charge in [-0.2, -0.15) is 0 Å². The van der Waals surface area contributed by atoms with E-state index in [1.54, 1.807) is 24.3 Å². The van der Waals surface area contributed by atoms with Gasteiger partial charge in [-0.25, -0.2) is 13.1 Å². The highest BCUT2D eigenvalue weighted by Crippen LogP contribution is 2.16. The molecule has 0 atom stereocenters. The van der Waals surface area contributed by atoms with Gasteiger partial charge in [0.05, 0.1) is 11.5 Å². The monoisotopic (exact) mass is 256 g/mol. The van der Waals surface area contributed by atoms with Crippen molar-refractivity contribution >= 4 is 10.0 Å². The Labute approximate surface area is 101 Å². The van der Waals surface area contributed by atoms with Crippen LogP contribution in [0.25, 0.3) is 0 Å². The van der Waals surface area contributed by atoms with Crippen LogP contribution in [0, 0.1) is 0 Å². The van der Waals surface area contributed by atoms with Gasteiger partial charge in [0.15, 0.2) is 0 Å². The summed E-state index contributed by atoms with van der Waals surface area (Å²) in [5, 5.41) is 3.01. The molecule has 1 saturated heterocycles. The summed E-state index contributed by atoms with van der Waals surface area (Å²) in [6, 6.07) is 6.44.